The van der Waals surface area contributed by atoms with Crippen LogP contribution in [0.25, 0.3) is 33.2 Å². The van der Waals surface area contributed by atoms with Crippen LogP contribution in [-0.2, 0) is 11.3 Å². The number of likely N-dealkylation sites (tertiary alicyclic amines) is 1. The van der Waals surface area contributed by atoms with Crippen LogP contribution in [0.1, 0.15) is 24.0 Å². The maximum atomic E-state index is 9.11. The van der Waals surface area contributed by atoms with Crippen molar-refractivity contribution in [2.75, 3.05) is 20.2 Å². The molecule has 6 heteroatoms. The van der Waals surface area contributed by atoms with E-state index in [1.807, 2.05) is 18.2 Å². The number of piperidine rings is 1. The number of hydrogen-bond donors (Lipinski definition) is 2. The summed E-state index contributed by atoms with van der Waals surface area (Å²) in [6.07, 6.45) is 2.65. The molecule has 0 saturated carbocycles. The molecule has 1 saturated heterocycles. The minimum Gasteiger partial charge on any atom is -0.380 e. The first kappa shape index (κ1) is 17.9. The van der Waals surface area contributed by atoms with Crippen LogP contribution in [0.4, 0.5) is 0 Å². The Morgan fingerprint density at radius 1 is 1.21 bits per heavy atom. The van der Waals surface area contributed by atoms with E-state index >= 15 is 0 Å². The summed E-state index contributed by atoms with van der Waals surface area (Å²) in [5.41, 5.74) is 5.79. The fourth-order valence-corrected chi connectivity index (χ4v) is 4.37. The SMILES string of the molecule is COC1CCCN(Cc2cccc3[nH]c(-c4n[nH]c5cc(C#N)ccc45)cc23)C1. The monoisotopic (exact) mass is 385 g/mol. The van der Waals surface area contributed by atoms with Crippen molar-refractivity contribution in [2.24, 2.45) is 0 Å². The average molecular weight is 385 g/mol. The molecule has 6 nitrogen and oxygen atoms in total. The van der Waals surface area contributed by atoms with Crippen LogP contribution < -0.4 is 0 Å². The zero-order valence-electron chi connectivity index (χ0n) is 16.4. The summed E-state index contributed by atoms with van der Waals surface area (Å²) in [4.78, 5) is 6.00. The second-order valence-corrected chi connectivity index (χ2v) is 7.74. The largest absolute Gasteiger partial charge is 0.380 e. The van der Waals surface area contributed by atoms with Gasteiger partial charge in [-0.25, -0.2) is 0 Å². The zero-order chi connectivity index (χ0) is 19.8. The van der Waals surface area contributed by atoms with Gasteiger partial charge in [-0.3, -0.25) is 10.00 Å². The standard InChI is InChI=1S/C23H23N5O/c1-29-17-5-3-9-28(14-17)13-16-4-2-6-20-19(16)11-22(25-20)23-18-8-7-15(12-24)10-21(18)26-27-23/h2,4,6-8,10-11,17,25H,3,5,9,13-14H2,1H3,(H,26,27). The van der Waals surface area contributed by atoms with Crippen LogP contribution in [0, 0.1) is 11.3 Å². The van der Waals surface area contributed by atoms with Crippen molar-refractivity contribution in [1.82, 2.24) is 20.1 Å². The van der Waals surface area contributed by atoms with Crippen LogP contribution >= 0.6 is 0 Å². The van der Waals surface area contributed by atoms with Crippen LogP contribution in [0.2, 0.25) is 0 Å². The molecule has 1 fully saturated rings. The van der Waals surface area contributed by atoms with Crippen LogP contribution in [-0.4, -0.2) is 46.4 Å². The Kier molecular flexibility index (Phi) is 4.55. The van der Waals surface area contributed by atoms with E-state index in [4.69, 9.17) is 10.00 Å². The Hall–Kier alpha value is -3.14. The summed E-state index contributed by atoms with van der Waals surface area (Å²) in [7, 11) is 1.81. The molecule has 1 aliphatic heterocycles. The Balaban J connectivity index is 1.50. The van der Waals surface area contributed by atoms with Crippen molar-refractivity contribution in [3.8, 4) is 17.5 Å². The second kappa shape index (κ2) is 7.36. The van der Waals surface area contributed by atoms with Crippen molar-refractivity contribution in [2.45, 2.75) is 25.5 Å². The van der Waals surface area contributed by atoms with Gasteiger partial charge in [0.25, 0.3) is 0 Å². The van der Waals surface area contributed by atoms with Gasteiger partial charge < -0.3 is 9.72 Å². The molecule has 2 aromatic heterocycles. The first-order chi connectivity index (χ1) is 14.2. The highest BCUT2D eigenvalue weighted by molar-refractivity contribution is 5.96. The molecular formula is C23H23N5O. The van der Waals surface area contributed by atoms with Gasteiger partial charge in [-0.1, -0.05) is 12.1 Å². The molecule has 0 radical (unpaired) electrons. The normalized spacial score (nSPS) is 17.7. The van der Waals surface area contributed by atoms with Crippen molar-refractivity contribution in [1.29, 1.82) is 5.26 Å². The van der Waals surface area contributed by atoms with E-state index < -0.39 is 0 Å². The number of aromatic amines is 2. The number of nitriles is 1. The summed E-state index contributed by atoms with van der Waals surface area (Å²) < 4.78 is 5.58. The van der Waals surface area contributed by atoms with E-state index in [1.54, 1.807) is 7.11 Å². The predicted molar refractivity (Wildman–Crippen MR) is 113 cm³/mol. The number of hydrogen-bond acceptors (Lipinski definition) is 4. The molecule has 29 heavy (non-hydrogen) atoms. The summed E-state index contributed by atoms with van der Waals surface area (Å²) >= 11 is 0. The lowest BCUT2D eigenvalue weighted by Gasteiger charge is -2.32. The molecule has 0 amide bonds. The lowest BCUT2D eigenvalue weighted by Crippen LogP contribution is -2.38. The predicted octanol–water partition coefficient (Wildman–Crippen LogP) is 4.19. The molecule has 1 aliphatic rings. The third kappa shape index (κ3) is 3.29. The number of nitrogens with zero attached hydrogens (tertiary/aromatic N) is 3. The fraction of sp³-hybridized carbons (Fsp3) is 0.304. The average Bonchev–Trinajstić information content (AvgIpc) is 3.37. The number of rotatable bonds is 4. The highest BCUT2D eigenvalue weighted by atomic mass is 16.5. The lowest BCUT2D eigenvalue weighted by atomic mass is 10.0. The Labute approximate surface area is 169 Å². The van der Waals surface area contributed by atoms with Gasteiger partial charge in [0.15, 0.2) is 0 Å². The quantitative estimate of drug-likeness (QED) is 0.552. The van der Waals surface area contributed by atoms with Gasteiger partial charge in [0.05, 0.1) is 28.9 Å². The number of nitrogens with one attached hydrogen (secondary N) is 2. The molecule has 2 N–H and O–H groups in total. The molecule has 0 aliphatic carbocycles. The number of aromatic nitrogens is 3. The van der Waals surface area contributed by atoms with E-state index in [0.29, 0.717) is 11.7 Å². The second-order valence-electron chi connectivity index (χ2n) is 7.74. The molecule has 3 heterocycles. The first-order valence-corrected chi connectivity index (χ1v) is 9.99. The Morgan fingerprint density at radius 2 is 2.14 bits per heavy atom. The van der Waals surface area contributed by atoms with E-state index in [9.17, 15) is 0 Å². The van der Waals surface area contributed by atoms with Gasteiger partial charge in [-0.2, -0.15) is 10.4 Å². The van der Waals surface area contributed by atoms with Gasteiger partial charge in [-0.15, -0.1) is 0 Å². The van der Waals surface area contributed by atoms with Gasteiger partial charge in [-0.05, 0) is 55.3 Å². The summed E-state index contributed by atoms with van der Waals surface area (Å²) in [5, 5.41) is 18.9. The van der Waals surface area contributed by atoms with Crippen LogP contribution in [0.15, 0.2) is 42.5 Å². The summed E-state index contributed by atoms with van der Waals surface area (Å²) in [5.74, 6) is 0. The topological polar surface area (TPSA) is 80.7 Å². The van der Waals surface area contributed by atoms with Gasteiger partial charge in [0.1, 0.15) is 5.69 Å². The van der Waals surface area contributed by atoms with Crippen LogP contribution in [0.3, 0.4) is 0 Å². The van der Waals surface area contributed by atoms with E-state index in [0.717, 1.165) is 53.9 Å². The number of benzene rings is 2. The zero-order valence-corrected chi connectivity index (χ0v) is 16.4. The van der Waals surface area contributed by atoms with Crippen molar-refractivity contribution in [3.05, 3.63) is 53.6 Å². The van der Waals surface area contributed by atoms with Crippen molar-refractivity contribution in [3.63, 3.8) is 0 Å². The minimum atomic E-state index is 0.332. The number of H-pyrrole nitrogens is 2. The molecule has 0 bridgehead atoms. The van der Waals surface area contributed by atoms with Crippen molar-refractivity contribution < 1.29 is 4.74 Å². The maximum Gasteiger partial charge on any atom is 0.116 e. The molecule has 0 spiro atoms. The van der Waals surface area contributed by atoms with Gasteiger partial charge >= 0.3 is 0 Å². The Bertz CT molecular complexity index is 1220. The van der Waals surface area contributed by atoms with Crippen molar-refractivity contribution >= 4 is 21.8 Å². The smallest absolute Gasteiger partial charge is 0.116 e. The number of ether oxygens (including phenoxy) is 1. The summed E-state index contributed by atoms with van der Waals surface area (Å²) in [6, 6.07) is 16.4. The van der Waals surface area contributed by atoms with Gasteiger partial charge in [0, 0.05) is 36.5 Å². The lowest BCUT2D eigenvalue weighted by molar-refractivity contribution is 0.0287. The molecule has 4 aromatic rings. The third-order valence-electron chi connectivity index (χ3n) is 5.89. The molecule has 146 valence electrons. The number of fused-ring (bicyclic) bond motifs is 2. The highest BCUT2D eigenvalue weighted by Gasteiger charge is 2.20. The molecular weight excluding hydrogens is 362 g/mol. The van der Waals surface area contributed by atoms with E-state index in [2.05, 4.69) is 50.4 Å². The molecule has 5 rings (SSSR count). The first-order valence-electron chi connectivity index (χ1n) is 9.99. The van der Waals surface area contributed by atoms with E-state index in [-0.39, 0.29) is 0 Å². The molecule has 1 atom stereocenters. The maximum absolute atomic E-state index is 9.11. The fourth-order valence-electron chi connectivity index (χ4n) is 4.37. The number of methoxy groups -OCH3 is 1. The third-order valence-corrected chi connectivity index (χ3v) is 5.89. The highest BCUT2D eigenvalue weighted by Crippen LogP contribution is 2.31. The van der Waals surface area contributed by atoms with Gasteiger partial charge in [0.2, 0.25) is 0 Å². The minimum absolute atomic E-state index is 0.332. The molecule has 2 aromatic carbocycles. The Morgan fingerprint density at radius 3 is 3.00 bits per heavy atom. The van der Waals surface area contributed by atoms with Crippen LogP contribution in [0.5, 0.6) is 0 Å². The summed E-state index contributed by atoms with van der Waals surface area (Å²) in [6.45, 7) is 3.01. The molecule has 1 unspecified atom stereocenters. The van der Waals surface area contributed by atoms with E-state index in [1.165, 1.54) is 17.4 Å².